The third kappa shape index (κ3) is 21.7. The van der Waals surface area contributed by atoms with Crippen LogP contribution in [-0.2, 0) is 39.7 Å². The summed E-state index contributed by atoms with van der Waals surface area (Å²) in [5.41, 5.74) is 0.666. The second kappa shape index (κ2) is 34.2. The normalized spacial score (nSPS) is 43.4. The fraction of sp³-hybridized carbons (Fsp3) is 0.650. The lowest BCUT2D eigenvalue weighted by Gasteiger charge is -2.47. The van der Waals surface area contributed by atoms with E-state index < -0.39 is 184 Å². The number of carbonyl (C=O) groups is 2. The molecule has 4 aliphatic heterocycles. The van der Waals surface area contributed by atoms with Crippen LogP contribution in [0.2, 0.25) is 0 Å². The van der Waals surface area contributed by atoms with Gasteiger partial charge in [0.05, 0.1) is 98.7 Å². The highest BCUT2D eigenvalue weighted by Gasteiger charge is 2.53. The second-order valence-electron chi connectivity index (χ2n) is 22.6. The number of allylic oxidation sites excluding steroid dienone is 12. The van der Waals surface area contributed by atoms with E-state index in [4.69, 9.17) is 23.7 Å². The van der Waals surface area contributed by atoms with Crippen LogP contribution in [-0.4, -0.2) is 230 Å². The number of nitrogens with one attached hydrogen (secondary N) is 2. The Morgan fingerprint density at radius 2 is 1.32 bits per heavy atom. The zero-order chi connectivity index (χ0) is 61.7. The minimum absolute atomic E-state index is 0.0809. The molecule has 0 spiro atoms. The lowest BCUT2D eigenvalue weighted by atomic mass is 9.82. The van der Waals surface area contributed by atoms with Crippen LogP contribution in [0.3, 0.4) is 0 Å². The number of aliphatic hydroxyl groups is 14. The number of fused-ring (bicyclic) bond motifs is 2. The standard InChI is InChI=1S/C60H91N3O21/c1-35-19-15-13-11-9-7-5-6-8-10-12-14-16-21-43(83-58-55(75)51(53(73)38(4)82-58)63-34-60(79)56(76)54(74)47(70)33-80-60)30-48-50(57(77)62-26-24-39-20-17-18-25-61-39)46(69)32-59(78,84-48)31-42(66)28-45(68)44(67)23-22-40(64)27-41(65)29-49(71)81-37(3)36(2)52(35)72/h5-21,25,35-38,40-48,50-56,58,63-70,72-76,78-79H,22-24,26-34H2,1-4H3,(H,62,77)/b6-5+,9-7+,10-8+,13-11+,14-12+,19-15+,21-16+/t35-,36-,37-,38+,40+,41+,42-,43-,44+,45+,46-,47+,48?,50?,51-,52+,53+,54+,55-,56-,58?,59+,60+/m0/s1. The first-order valence-electron chi connectivity index (χ1n) is 28.8. The largest absolute Gasteiger partial charge is 0.462 e. The summed E-state index contributed by atoms with van der Waals surface area (Å²) in [5.74, 6) is -8.47. The quantitative estimate of drug-likeness (QED) is 0.129. The van der Waals surface area contributed by atoms with E-state index >= 15 is 0 Å². The molecule has 24 heteroatoms. The number of cyclic esters (lactones) is 1. The highest BCUT2D eigenvalue weighted by Crippen LogP contribution is 2.38. The molecule has 24 nitrogen and oxygen atoms in total. The number of aromatic nitrogens is 1. The maximum absolute atomic E-state index is 14.2. The SMILES string of the molecule is C[C@@H]1[C@H](O)[C@@H](C)/C=C/C=C/C=C/C=C/C=C/C=C/C=C/[C@H](OC2O[C@H](C)[C@@H](O)[C@H](NC[C@@]3(O)OC[C@@H](O)[C@@H](O)[C@@H]3O)[C@@H]2O)CC2O[C@](O)(C[C@@H](O)C[C@@H](O)[C@H](O)CC[C@@H](O)C[C@@H](O)CC(=O)O[C@H]1C)C[C@H](O)C2C(=O)NCCc1ccccn1. The Labute approximate surface area is 490 Å². The number of hydrogen-bond donors (Lipinski definition) is 16. The van der Waals surface area contributed by atoms with E-state index in [2.05, 4.69) is 15.6 Å². The first-order chi connectivity index (χ1) is 39.8. The fourth-order valence-corrected chi connectivity index (χ4v) is 10.5. The molecule has 23 atom stereocenters. The number of hydrogen-bond acceptors (Lipinski definition) is 23. The molecule has 16 N–H and O–H groups in total. The van der Waals surface area contributed by atoms with E-state index in [1.807, 2.05) is 13.0 Å². The number of carbonyl (C=O) groups excluding carboxylic acids is 2. The molecule has 5 rings (SSSR count). The van der Waals surface area contributed by atoms with Crippen molar-refractivity contribution in [2.45, 2.75) is 207 Å². The predicted molar refractivity (Wildman–Crippen MR) is 303 cm³/mol. The monoisotopic (exact) mass is 1190 g/mol. The van der Waals surface area contributed by atoms with E-state index in [0.717, 1.165) is 0 Å². The Morgan fingerprint density at radius 1 is 0.679 bits per heavy atom. The molecule has 3 fully saturated rings. The van der Waals surface area contributed by atoms with Crippen molar-refractivity contribution in [1.82, 2.24) is 15.6 Å². The van der Waals surface area contributed by atoms with Gasteiger partial charge in [-0.2, -0.15) is 0 Å². The highest BCUT2D eigenvalue weighted by atomic mass is 16.7. The predicted octanol–water partition coefficient (Wildman–Crippen LogP) is -1.19. The number of pyridine rings is 1. The molecule has 472 valence electrons. The third-order valence-corrected chi connectivity index (χ3v) is 15.7. The zero-order valence-electron chi connectivity index (χ0n) is 48.1. The van der Waals surface area contributed by atoms with Gasteiger partial charge in [-0.05, 0) is 45.2 Å². The lowest BCUT2D eigenvalue weighted by Crippen LogP contribution is -2.69. The van der Waals surface area contributed by atoms with Crippen LogP contribution in [0, 0.1) is 17.8 Å². The van der Waals surface area contributed by atoms with Gasteiger partial charge in [0.15, 0.2) is 12.1 Å². The second-order valence-corrected chi connectivity index (χ2v) is 22.6. The Kier molecular flexibility index (Phi) is 28.6. The molecule has 3 saturated heterocycles. The molecule has 4 aliphatic rings. The number of nitrogens with zero attached hydrogens (tertiary/aromatic N) is 1. The Bertz CT molecular complexity index is 2360. The number of aliphatic hydroxyl groups excluding tert-OH is 12. The molecule has 5 heterocycles. The van der Waals surface area contributed by atoms with Crippen LogP contribution in [0.5, 0.6) is 0 Å². The summed E-state index contributed by atoms with van der Waals surface area (Å²) >= 11 is 0. The number of ether oxygens (including phenoxy) is 5. The van der Waals surface area contributed by atoms with E-state index in [0.29, 0.717) is 12.1 Å². The van der Waals surface area contributed by atoms with Gasteiger partial charge in [-0.1, -0.05) is 105 Å². The molecule has 2 bridgehead atoms. The summed E-state index contributed by atoms with van der Waals surface area (Å²) in [6.07, 6.45) is -1.43. The molecule has 0 saturated carbocycles. The average molecular weight is 1190 g/mol. The van der Waals surface area contributed by atoms with Crippen LogP contribution in [0.15, 0.2) is 109 Å². The summed E-state index contributed by atoms with van der Waals surface area (Å²) in [4.78, 5) is 31.2. The molecule has 0 aliphatic carbocycles. The molecule has 84 heavy (non-hydrogen) atoms. The van der Waals surface area contributed by atoms with E-state index in [9.17, 15) is 81.1 Å². The van der Waals surface area contributed by atoms with Crippen molar-refractivity contribution in [2.75, 3.05) is 19.7 Å². The molecule has 1 aromatic heterocycles. The lowest BCUT2D eigenvalue weighted by molar-refractivity contribution is -0.323. The van der Waals surface area contributed by atoms with Gasteiger partial charge in [0, 0.05) is 62.4 Å². The van der Waals surface area contributed by atoms with Gasteiger partial charge in [-0.25, -0.2) is 0 Å². The van der Waals surface area contributed by atoms with Crippen molar-refractivity contribution in [1.29, 1.82) is 0 Å². The number of rotatable bonds is 9. The Balaban J connectivity index is 1.43. The van der Waals surface area contributed by atoms with Crippen LogP contribution < -0.4 is 10.6 Å². The van der Waals surface area contributed by atoms with Crippen molar-refractivity contribution in [3.63, 3.8) is 0 Å². The van der Waals surface area contributed by atoms with Gasteiger partial charge in [0.25, 0.3) is 0 Å². The van der Waals surface area contributed by atoms with Crippen molar-refractivity contribution < 1.29 is 105 Å². The van der Waals surface area contributed by atoms with Crippen LogP contribution in [0.4, 0.5) is 0 Å². The summed E-state index contributed by atoms with van der Waals surface area (Å²) in [7, 11) is 0. The Morgan fingerprint density at radius 3 is 1.96 bits per heavy atom. The summed E-state index contributed by atoms with van der Waals surface area (Å²) in [6.45, 7) is 5.54. The average Bonchev–Trinajstić information content (AvgIpc) is 3.51. The molecule has 0 aromatic carbocycles. The Hall–Kier alpha value is -4.49. The van der Waals surface area contributed by atoms with E-state index in [1.165, 1.54) is 13.0 Å². The van der Waals surface area contributed by atoms with Crippen molar-refractivity contribution in [3.05, 3.63) is 115 Å². The van der Waals surface area contributed by atoms with Crippen LogP contribution >= 0.6 is 0 Å². The number of esters is 1. The van der Waals surface area contributed by atoms with Gasteiger partial charge < -0.3 is 106 Å². The van der Waals surface area contributed by atoms with Gasteiger partial charge in [0.2, 0.25) is 11.7 Å². The first-order valence-corrected chi connectivity index (χ1v) is 28.8. The van der Waals surface area contributed by atoms with E-state index in [-0.39, 0.29) is 38.1 Å². The van der Waals surface area contributed by atoms with Crippen molar-refractivity contribution in [2.24, 2.45) is 17.8 Å². The minimum atomic E-state index is -2.47. The van der Waals surface area contributed by atoms with E-state index in [1.54, 1.807) is 111 Å². The summed E-state index contributed by atoms with van der Waals surface area (Å²) in [5, 5.41) is 160. The molecule has 0 radical (unpaired) electrons. The first kappa shape index (κ1) is 70.3. The molecule has 1 amide bonds. The van der Waals surface area contributed by atoms with Crippen LogP contribution in [0.1, 0.15) is 84.8 Å². The van der Waals surface area contributed by atoms with Crippen molar-refractivity contribution >= 4 is 11.9 Å². The minimum Gasteiger partial charge on any atom is -0.462 e. The zero-order valence-corrected chi connectivity index (χ0v) is 48.1. The van der Waals surface area contributed by atoms with Gasteiger partial charge >= 0.3 is 5.97 Å². The van der Waals surface area contributed by atoms with Crippen LogP contribution in [0.25, 0.3) is 0 Å². The van der Waals surface area contributed by atoms with Gasteiger partial charge in [0.1, 0.15) is 30.5 Å². The molecule has 1 aromatic rings. The smallest absolute Gasteiger partial charge is 0.308 e. The van der Waals surface area contributed by atoms with Gasteiger partial charge in [-0.3, -0.25) is 14.6 Å². The fourth-order valence-electron chi connectivity index (χ4n) is 10.5. The topological polar surface area (TPSA) is 400 Å². The number of amides is 1. The molecule has 3 unspecified atom stereocenters. The van der Waals surface area contributed by atoms with Gasteiger partial charge in [-0.15, -0.1) is 0 Å². The molecular formula is C60H91N3O21. The highest BCUT2D eigenvalue weighted by molar-refractivity contribution is 5.80. The maximum Gasteiger partial charge on any atom is 0.308 e. The summed E-state index contributed by atoms with van der Waals surface area (Å²) in [6, 6.07) is 3.93. The summed E-state index contributed by atoms with van der Waals surface area (Å²) < 4.78 is 29.5. The third-order valence-electron chi connectivity index (χ3n) is 15.7. The van der Waals surface area contributed by atoms with Crippen molar-refractivity contribution in [3.8, 4) is 0 Å². The maximum atomic E-state index is 14.2. The molecular weight excluding hydrogens is 1100 g/mol.